The number of methoxy groups -OCH3 is 1. The number of amides is 2. The van der Waals surface area contributed by atoms with Crippen LogP contribution in [0.1, 0.15) is 18.4 Å². The molecule has 2 amide bonds. The predicted molar refractivity (Wildman–Crippen MR) is 128 cm³/mol. The number of rotatable bonds is 5. The van der Waals surface area contributed by atoms with Gasteiger partial charge in [0.2, 0.25) is 0 Å². The van der Waals surface area contributed by atoms with Gasteiger partial charge in [0.05, 0.1) is 17.3 Å². The zero-order valence-corrected chi connectivity index (χ0v) is 18.7. The number of carbonyl (C=O) groups excluding carboxylic acids is 1. The van der Waals surface area contributed by atoms with Crippen LogP contribution in [0.5, 0.6) is 10.9 Å². The zero-order chi connectivity index (χ0) is 21.9. The number of aromatic nitrogens is 1. The van der Waals surface area contributed by atoms with Crippen molar-refractivity contribution in [3.05, 3.63) is 66.2 Å². The zero-order valence-electron chi connectivity index (χ0n) is 17.9. The van der Waals surface area contributed by atoms with Gasteiger partial charge in [0.1, 0.15) is 11.9 Å². The molecule has 0 spiro atoms. The number of hydrogen-bond acceptors (Lipinski definition) is 5. The molecule has 1 aliphatic heterocycles. The molecule has 1 saturated heterocycles. The molecule has 32 heavy (non-hydrogen) atoms. The molecule has 7 heteroatoms. The van der Waals surface area contributed by atoms with Crippen LogP contribution in [0, 0.1) is 0 Å². The lowest BCUT2D eigenvalue weighted by atomic mass is 10.0. The maximum absolute atomic E-state index is 12.7. The van der Waals surface area contributed by atoms with E-state index in [1.165, 1.54) is 10.8 Å². The second-order valence-corrected chi connectivity index (χ2v) is 8.91. The molecule has 1 aliphatic rings. The van der Waals surface area contributed by atoms with E-state index >= 15 is 0 Å². The number of nitrogens with one attached hydrogen (secondary N) is 1. The molecule has 1 fully saturated rings. The normalized spacial score (nSPS) is 14.6. The number of ether oxygens (including phenoxy) is 2. The van der Waals surface area contributed by atoms with Gasteiger partial charge in [-0.15, -0.1) is 0 Å². The smallest absolute Gasteiger partial charge is 0.317 e. The fourth-order valence-corrected chi connectivity index (χ4v) is 4.97. The van der Waals surface area contributed by atoms with E-state index in [0.717, 1.165) is 34.4 Å². The average Bonchev–Trinajstić information content (AvgIpc) is 3.24. The lowest BCUT2D eigenvalue weighted by molar-refractivity contribution is 0.111. The summed E-state index contributed by atoms with van der Waals surface area (Å²) in [5.74, 6) is 0.789. The summed E-state index contributed by atoms with van der Waals surface area (Å²) in [4.78, 5) is 19.2. The molecule has 4 aromatic rings. The second-order valence-electron chi connectivity index (χ2n) is 7.91. The molecule has 164 valence electrons. The van der Waals surface area contributed by atoms with Crippen LogP contribution >= 0.6 is 11.3 Å². The van der Waals surface area contributed by atoms with Crippen LogP contribution in [0.2, 0.25) is 0 Å². The van der Waals surface area contributed by atoms with Crippen LogP contribution in [0.25, 0.3) is 21.0 Å². The lowest BCUT2D eigenvalue weighted by Gasteiger charge is -2.31. The molecular weight excluding hydrogens is 422 g/mol. The summed E-state index contributed by atoms with van der Waals surface area (Å²) in [6.45, 7) is 1.86. The summed E-state index contributed by atoms with van der Waals surface area (Å²) in [6.07, 6.45) is 1.65. The highest BCUT2D eigenvalue weighted by Crippen LogP contribution is 2.32. The van der Waals surface area contributed by atoms with Crippen LogP contribution in [0.3, 0.4) is 0 Å². The molecule has 0 radical (unpaired) electrons. The third-order valence-electron chi connectivity index (χ3n) is 5.88. The Hall–Kier alpha value is -3.32. The topological polar surface area (TPSA) is 63.7 Å². The maximum Gasteiger partial charge on any atom is 0.317 e. The number of thiazole rings is 1. The first-order valence-corrected chi connectivity index (χ1v) is 11.6. The van der Waals surface area contributed by atoms with Crippen molar-refractivity contribution in [2.75, 3.05) is 20.2 Å². The molecule has 3 aromatic carbocycles. The van der Waals surface area contributed by atoms with E-state index in [1.54, 1.807) is 18.4 Å². The molecule has 0 saturated carbocycles. The highest BCUT2D eigenvalue weighted by atomic mass is 32.1. The third-order valence-corrected chi connectivity index (χ3v) is 6.81. The van der Waals surface area contributed by atoms with Gasteiger partial charge >= 0.3 is 6.03 Å². The summed E-state index contributed by atoms with van der Waals surface area (Å²) in [5.41, 5.74) is 2.01. The first-order chi connectivity index (χ1) is 15.7. The minimum Gasteiger partial charge on any atom is -0.497 e. The highest BCUT2D eigenvalue weighted by molar-refractivity contribution is 7.20. The van der Waals surface area contributed by atoms with E-state index in [4.69, 9.17) is 9.47 Å². The van der Waals surface area contributed by atoms with Crippen LogP contribution in [0.4, 0.5) is 4.79 Å². The molecule has 2 heterocycles. The second kappa shape index (κ2) is 9.04. The fraction of sp³-hybridized carbons (Fsp3) is 0.280. The van der Waals surface area contributed by atoms with E-state index in [1.807, 2.05) is 41.3 Å². The molecule has 0 bridgehead atoms. The Kier molecular flexibility index (Phi) is 5.81. The molecule has 0 atom stereocenters. The van der Waals surface area contributed by atoms with Gasteiger partial charge in [-0.05, 0) is 28.5 Å². The summed E-state index contributed by atoms with van der Waals surface area (Å²) >= 11 is 1.54. The summed E-state index contributed by atoms with van der Waals surface area (Å²) < 4.78 is 12.5. The summed E-state index contributed by atoms with van der Waals surface area (Å²) in [5, 5.41) is 6.11. The Bertz CT molecular complexity index is 1240. The van der Waals surface area contributed by atoms with Crippen molar-refractivity contribution in [2.24, 2.45) is 0 Å². The van der Waals surface area contributed by atoms with E-state index in [2.05, 4.69) is 34.6 Å². The summed E-state index contributed by atoms with van der Waals surface area (Å²) in [7, 11) is 1.65. The Balaban J connectivity index is 1.14. The molecule has 6 nitrogen and oxygen atoms in total. The number of urea groups is 1. The van der Waals surface area contributed by atoms with Crippen LogP contribution in [-0.2, 0) is 6.54 Å². The minimum absolute atomic E-state index is 0.0246. The number of piperidine rings is 1. The van der Waals surface area contributed by atoms with E-state index < -0.39 is 0 Å². The number of nitrogens with zero attached hydrogens (tertiary/aromatic N) is 2. The fourth-order valence-electron chi connectivity index (χ4n) is 4.11. The van der Waals surface area contributed by atoms with Gasteiger partial charge in [-0.3, -0.25) is 0 Å². The van der Waals surface area contributed by atoms with Gasteiger partial charge in [-0.1, -0.05) is 53.8 Å². The Morgan fingerprint density at radius 1 is 1.12 bits per heavy atom. The highest BCUT2D eigenvalue weighted by Gasteiger charge is 2.24. The Morgan fingerprint density at radius 2 is 1.94 bits per heavy atom. The first kappa shape index (κ1) is 20.6. The van der Waals surface area contributed by atoms with Crippen LogP contribution < -0.4 is 14.8 Å². The van der Waals surface area contributed by atoms with Gasteiger partial charge in [0.15, 0.2) is 0 Å². The predicted octanol–water partition coefficient (Wildman–Crippen LogP) is 5.21. The monoisotopic (exact) mass is 447 g/mol. The maximum atomic E-state index is 12.7. The van der Waals surface area contributed by atoms with E-state index in [-0.39, 0.29) is 12.1 Å². The Morgan fingerprint density at radius 3 is 2.78 bits per heavy atom. The number of benzene rings is 3. The lowest BCUT2D eigenvalue weighted by Crippen LogP contribution is -2.46. The number of hydrogen-bond donors (Lipinski definition) is 1. The molecule has 5 rings (SSSR count). The number of carbonyl (C=O) groups is 1. The van der Waals surface area contributed by atoms with Gasteiger partial charge in [0, 0.05) is 38.5 Å². The molecule has 1 N–H and O–H groups in total. The minimum atomic E-state index is -0.0246. The largest absolute Gasteiger partial charge is 0.497 e. The van der Waals surface area contributed by atoms with Gasteiger partial charge in [0.25, 0.3) is 5.19 Å². The van der Waals surface area contributed by atoms with Crippen molar-refractivity contribution < 1.29 is 14.3 Å². The average molecular weight is 448 g/mol. The molecule has 1 aromatic heterocycles. The number of likely N-dealkylation sites (tertiary alicyclic amines) is 1. The van der Waals surface area contributed by atoms with Crippen molar-refractivity contribution >= 4 is 38.4 Å². The standard InChI is InChI=1S/C25H25N3O3S/c1-30-20-9-10-23-22(15-20)27-25(32-23)31-19-11-13-28(14-12-19)24(29)26-16-18-7-4-6-17-5-2-3-8-21(17)18/h2-10,15,19H,11-14,16H2,1H3,(H,26,29). The first-order valence-electron chi connectivity index (χ1n) is 10.8. The molecular formula is C25H25N3O3S. The van der Waals surface area contributed by atoms with E-state index in [0.29, 0.717) is 24.8 Å². The quantitative estimate of drug-likeness (QED) is 0.456. The molecule has 0 unspecified atom stereocenters. The van der Waals surface area contributed by atoms with Crippen molar-refractivity contribution in [3.8, 4) is 10.9 Å². The van der Waals surface area contributed by atoms with E-state index in [9.17, 15) is 4.79 Å². The van der Waals surface area contributed by atoms with Crippen molar-refractivity contribution in [3.63, 3.8) is 0 Å². The van der Waals surface area contributed by atoms with Crippen molar-refractivity contribution in [1.82, 2.24) is 15.2 Å². The van der Waals surface area contributed by atoms with Crippen LogP contribution in [0.15, 0.2) is 60.7 Å². The SMILES string of the molecule is COc1ccc2sc(OC3CCN(C(=O)NCc4cccc5ccccc45)CC3)nc2c1. The third kappa shape index (κ3) is 4.34. The Labute approximate surface area is 190 Å². The van der Waals surface area contributed by atoms with Crippen molar-refractivity contribution in [2.45, 2.75) is 25.5 Å². The van der Waals surface area contributed by atoms with Crippen molar-refractivity contribution in [1.29, 1.82) is 0 Å². The molecule has 0 aliphatic carbocycles. The van der Waals surface area contributed by atoms with Gasteiger partial charge in [-0.25, -0.2) is 9.78 Å². The van der Waals surface area contributed by atoms with Gasteiger partial charge in [-0.2, -0.15) is 0 Å². The van der Waals surface area contributed by atoms with Gasteiger partial charge < -0.3 is 19.7 Å². The number of fused-ring (bicyclic) bond motifs is 2. The van der Waals surface area contributed by atoms with Crippen LogP contribution in [-0.4, -0.2) is 42.2 Å². The summed E-state index contributed by atoms with van der Waals surface area (Å²) in [6, 6.07) is 20.3.